The summed E-state index contributed by atoms with van der Waals surface area (Å²) in [4.78, 5) is 10.9. The van der Waals surface area contributed by atoms with E-state index in [1.165, 1.54) is 19.2 Å². The Balaban J connectivity index is 2.84. The minimum absolute atomic E-state index is 0.142. The van der Waals surface area contributed by atoms with Gasteiger partial charge in [-0.2, -0.15) is 5.26 Å². The van der Waals surface area contributed by atoms with Crippen LogP contribution in [-0.2, 0) is 9.53 Å². The molecule has 0 aliphatic heterocycles. The highest BCUT2D eigenvalue weighted by Crippen LogP contribution is 2.18. The molecule has 1 N–H and O–H groups in total. The van der Waals surface area contributed by atoms with Gasteiger partial charge in [0.1, 0.15) is 6.04 Å². The smallest absolute Gasteiger partial charge is 0.319 e. The average Bonchev–Trinajstić information content (AvgIpc) is 2.34. The number of benzene rings is 1. The van der Waals surface area contributed by atoms with Gasteiger partial charge < -0.3 is 4.74 Å². The minimum Gasteiger partial charge on any atom is -0.468 e. The number of rotatable bonds is 4. The lowest BCUT2D eigenvalue weighted by Crippen LogP contribution is -2.28. The van der Waals surface area contributed by atoms with Crippen molar-refractivity contribution in [3.8, 4) is 6.07 Å². The lowest BCUT2D eigenvalue weighted by molar-refractivity contribution is -0.139. The number of ether oxygens (including phenoxy) is 1. The van der Waals surface area contributed by atoms with Crippen LogP contribution in [0.15, 0.2) is 18.2 Å². The molecule has 0 saturated heterocycles. The van der Waals surface area contributed by atoms with E-state index >= 15 is 0 Å². The largest absolute Gasteiger partial charge is 0.468 e. The molecule has 1 unspecified atom stereocenters. The Morgan fingerprint density at radius 1 is 1.59 bits per heavy atom. The van der Waals surface area contributed by atoms with Crippen LogP contribution in [0.4, 0.5) is 8.78 Å². The summed E-state index contributed by atoms with van der Waals surface area (Å²) in [6.45, 7) is -0.259. The molecule has 0 aliphatic carbocycles. The number of halogens is 2. The van der Waals surface area contributed by atoms with E-state index in [-0.39, 0.29) is 12.1 Å². The predicted octanol–water partition coefficient (Wildman–Crippen LogP) is 1.29. The van der Waals surface area contributed by atoms with Gasteiger partial charge in [0.05, 0.1) is 19.7 Å². The summed E-state index contributed by atoms with van der Waals surface area (Å²) in [6.07, 6.45) is 0. The highest BCUT2D eigenvalue weighted by Gasteiger charge is 2.18. The van der Waals surface area contributed by atoms with Gasteiger partial charge in [0.2, 0.25) is 0 Å². The summed E-state index contributed by atoms with van der Waals surface area (Å²) < 4.78 is 30.7. The van der Waals surface area contributed by atoms with E-state index in [0.29, 0.717) is 0 Å². The lowest BCUT2D eigenvalue weighted by atomic mass is 10.1. The topological polar surface area (TPSA) is 62.1 Å². The normalized spacial score (nSPS) is 11.6. The molecule has 6 heteroatoms. The molecule has 1 atom stereocenters. The average molecular weight is 240 g/mol. The summed E-state index contributed by atoms with van der Waals surface area (Å²) in [5, 5.41) is 11.3. The third-order valence-corrected chi connectivity index (χ3v) is 2.10. The first-order chi connectivity index (χ1) is 8.10. The van der Waals surface area contributed by atoms with E-state index < -0.39 is 23.6 Å². The van der Waals surface area contributed by atoms with Crippen molar-refractivity contribution in [1.82, 2.24) is 5.32 Å². The Morgan fingerprint density at radius 2 is 2.29 bits per heavy atom. The Hall–Kier alpha value is -2.00. The quantitative estimate of drug-likeness (QED) is 0.805. The van der Waals surface area contributed by atoms with Crippen LogP contribution < -0.4 is 5.32 Å². The van der Waals surface area contributed by atoms with Gasteiger partial charge in [-0.15, -0.1) is 0 Å². The fraction of sp³-hybridized carbons (Fsp3) is 0.273. The second-order valence-electron chi connectivity index (χ2n) is 3.16. The Morgan fingerprint density at radius 3 is 2.88 bits per heavy atom. The van der Waals surface area contributed by atoms with Crippen molar-refractivity contribution in [3.63, 3.8) is 0 Å². The Kier molecular flexibility index (Phi) is 4.55. The molecule has 90 valence electrons. The Labute approximate surface area is 96.8 Å². The van der Waals surface area contributed by atoms with Crippen LogP contribution in [0.2, 0.25) is 0 Å². The number of carbonyl (C=O) groups is 1. The number of nitrogens with zero attached hydrogens (tertiary/aromatic N) is 1. The van der Waals surface area contributed by atoms with Gasteiger partial charge in [0, 0.05) is 5.56 Å². The molecule has 0 aliphatic rings. The van der Waals surface area contributed by atoms with E-state index in [1.807, 2.05) is 0 Å². The third-order valence-electron chi connectivity index (χ3n) is 2.10. The highest BCUT2D eigenvalue weighted by molar-refractivity contribution is 5.71. The van der Waals surface area contributed by atoms with Gasteiger partial charge in [0.15, 0.2) is 11.6 Å². The summed E-state index contributed by atoms with van der Waals surface area (Å²) in [6, 6.07) is 4.15. The first kappa shape index (κ1) is 13.1. The number of methoxy groups -OCH3 is 1. The molecular weight excluding hydrogens is 230 g/mol. The van der Waals surface area contributed by atoms with Crippen molar-refractivity contribution >= 4 is 5.97 Å². The number of nitriles is 1. The van der Waals surface area contributed by atoms with Gasteiger partial charge in [-0.1, -0.05) is 12.1 Å². The van der Waals surface area contributed by atoms with Crippen LogP contribution in [-0.4, -0.2) is 19.6 Å². The van der Waals surface area contributed by atoms with Crippen LogP contribution in [0.3, 0.4) is 0 Å². The maximum atomic E-state index is 13.4. The molecule has 1 aromatic rings. The number of nitrogens with one attached hydrogen (secondary N) is 1. The van der Waals surface area contributed by atoms with E-state index in [2.05, 4.69) is 10.1 Å². The molecule has 0 radical (unpaired) electrons. The zero-order valence-corrected chi connectivity index (χ0v) is 9.04. The third kappa shape index (κ3) is 3.23. The maximum Gasteiger partial charge on any atom is 0.319 e. The molecule has 4 nitrogen and oxygen atoms in total. The van der Waals surface area contributed by atoms with Gasteiger partial charge in [-0.25, -0.2) is 8.78 Å². The van der Waals surface area contributed by atoms with Crippen LogP contribution in [0.5, 0.6) is 0 Å². The zero-order valence-electron chi connectivity index (χ0n) is 9.04. The van der Waals surface area contributed by atoms with Crippen molar-refractivity contribution < 1.29 is 18.3 Å². The van der Waals surface area contributed by atoms with Gasteiger partial charge in [-0.3, -0.25) is 10.1 Å². The Bertz CT molecular complexity index is 457. The lowest BCUT2D eigenvalue weighted by Gasteiger charge is -2.11. The van der Waals surface area contributed by atoms with E-state index in [1.54, 1.807) is 6.07 Å². The first-order valence-electron chi connectivity index (χ1n) is 4.74. The molecule has 0 fully saturated rings. The molecule has 0 saturated carbocycles. The monoisotopic (exact) mass is 240 g/mol. The molecular formula is C11H10F2N2O2. The molecule has 0 amide bonds. The number of hydrogen-bond acceptors (Lipinski definition) is 4. The second-order valence-corrected chi connectivity index (χ2v) is 3.16. The fourth-order valence-electron chi connectivity index (χ4n) is 1.23. The highest BCUT2D eigenvalue weighted by atomic mass is 19.2. The van der Waals surface area contributed by atoms with E-state index in [9.17, 15) is 13.6 Å². The fourth-order valence-corrected chi connectivity index (χ4v) is 1.23. The first-order valence-corrected chi connectivity index (χ1v) is 4.74. The van der Waals surface area contributed by atoms with Crippen LogP contribution >= 0.6 is 0 Å². The summed E-state index contributed by atoms with van der Waals surface area (Å²) in [7, 11) is 1.19. The summed E-state index contributed by atoms with van der Waals surface area (Å²) >= 11 is 0. The molecule has 1 rings (SSSR count). The maximum absolute atomic E-state index is 13.4. The van der Waals surface area contributed by atoms with Crippen molar-refractivity contribution in [2.75, 3.05) is 13.7 Å². The summed E-state index contributed by atoms with van der Waals surface area (Å²) in [5.74, 6) is -2.74. The molecule has 0 aromatic heterocycles. The molecule has 17 heavy (non-hydrogen) atoms. The number of hydrogen-bond donors (Lipinski definition) is 1. The molecule has 1 aromatic carbocycles. The van der Waals surface area contributed by atoms with Crippen LogP contribution in [0.25, 0.3) is 0 Å². The van der Waals surface area contributed by atoms with E-state index in [4.69, 9.17) is 5.26 Å². The van der Waals surface area contributed by atoms with Gasteiger partial charge in [-0.05, 0) is 6.07 Å². The van der Waals surface area contributed by atoms with Crippen molar-refractivity contribution in [1.29, 1.82) is 5.26 Å². The van der Waals surface area contributed by atoms with Crippen LogP contribution in [0, 0.1) is 23.0 Å². The van der Waals surface area contributed by atoms with Crippen molar-refractivity contribution in [2.45, 2.75) is 6.04 Å². The van der Waals surface area contributed by atoms with Crippen molar-refractivity contribution in [3.05, 3.63) is 35.4 Å². The second kappa shape index (κ2) is 5.92. The van der Waals surface area contributed by atoms with Gasteiger partial charge >= 0.3 is 5.97 Å². The molecule has 0 spiro atoms. The SMILES string of the molecule is COC(=O)CNC(C#N)c1cccc(F)c1F. The standard InChI is InChI=1S/C11H10F2N2O2/c1-17-10(16)6-15-9(5-14)7-3-2-4-8(12)11(7)13/h2-4,9,15H,6H2,1H3. The molecule has 0 heterocycles. The van der Waals surface area contributed by atoms with E-state index in [0.717, 1.165) is 6.07 Å². The zero-order chi connectivity index (χ0) is 12.8. The van der Waals surface area contributed by atoms with Gasteiger partial charge in [0.25, 0.3) is 0 Å². The predicted molar refractivity (Wildman–Crippen MR) is 54.7 cm³/mol. The number of esters is 1. The van der Waals surface area contributed by atoms with Crippen LogP contribution in [0.1, 0.15) is 11.6 Å². The molecule has 0 bridgehead atoms. The number of carbonyl (C=O) groups excluding carboxylic acids is 1. The van der Waals surface area contributed by atoms with Crippen molar-refractivity contribution in [2.24, 2.45) is 0 Å². The summed E-state index contributed by atoms with van der Waals surface area (Å²) in [5.41, 5.74) is -0.142. The minimum atomic E-state index is -1.11.